The summed E-state index contributed by atoms with van der Waals surface area (Å²) in [6, 6.07) is 8.34. The molecule has 0 spiro atoms. The van der Waals surface area contributed by atoms with Crippen molar-refractivity contribution in [3.05, 3.63) is 35.4 Å². The van der Waals surface area contributed by atoms with Crippen LogP contribution in [-0.4, -0.2) is 39.3 Å². The van der Waals surface area contributed by atoms with Crippen LogP contribution in [-0.2, 0) is 22.4 Å². The fourth-order valence-electron chi connectivity index (χ4n) is 2.10. The number of nitrogens with one attached hydrogen (secondary N) is 2. The number of ether oxygens (including phenoxy) is 1. The summed E-state index contributed by atoms with van der Waals surface area (Å²) in [7, 11) is 1.68. The molecule has 1 aromatic rings. The molecule has 0 atom stereocenters. The van der Waals surface area contributed by atoms with Gasteiger partial charge in [-0.15, -0.1) is 12.4 Å². The van der Waals surface area contributed by atoms with Crippen LogP contribution in [0.2, 0.25) is 0 Å². The van der Waals surface area contributed by atoms with Crippen LogP contribution < -0.4 is 10.6 Å². The first-order valence-corrected chi connectivity index (χ1v) is 7.66. The number of carbonyl (C=O) groups excluding carboxylic acids is 1. The molecule has 0 radical (unpaired) electrons. The second-order valence-electron chi connectivity index (χ2n) is 5.68. The van der Waals surface area contributed by atoms with Gasteiger partial charge >= 0.3 is 0 Å². The van der Waals surface area contributed by atoms with E-state index in [-0.39, 0.29) is 18.3 Å². The van der Waals surface area contributed by atoms with E-state index in [4.69, 9.17) is 4.74 Å². The van der Waals surface area contributed by atoms with E-state index in [9.17, 15) is 4.79 Å². The summed E-state index contributed by atoms with van der Waals surface area (Å²) in [6.07, 6.45) is 1.53. The second-order valence-corrected chi connectivity index (χ2v) is 5.68. The minimum Gasteiger partial charge on any atom is -0.383 e. The van der Waals surface area contributed by atoms with Crippen molar-refractivity contribution >= 4 is 18.3 Å². The van der Waals surface area contributed by atoms with Gasteiger partial charge in [0.05, 0.1) is 13.0 Å². The molecule has 0 bridgehead atoms. The molecule has 126 valence electrons. The zero-order chi connectivity index (χ0) is 15.5. The maximum absolute atomic E-state index is 11.8. The highest BCUT2D eigenvalue weighted by atomic mass is 35.5. The average molecular weight is 329 g/mol. The van der Waals surface area contributed by atoms with Gasteiger partial charge in [0.1, 0.15) is 0 Å². The Morgan fingerprint density at radius 1 is 1.09 bits per heavy atom. The average Bonchev–Trinajstić information content (AvgIpc) is 2.44. The Morgan fingerprint density at radius 2 is 1.73 bits per heavy atom. The first kappa shape index (κ1) is 20.9. The lowest BCUT2D eigenvalue weighted by Crippen LogP contribution is -2.33. The Labute approximate surface area is 140 Å². The van der Waals surface area contributed by atoms with Crippen LogP contribution >= 0.6 is 12.4 Å². The van der Waals surface area contributed by atoms with Gasteiger partial charge in [0.25, 0.3) is 0 Å². The molecular weight excluding hydrogens is 300 g/mol. The Kier molecular flexibility index (Phi) is 11.8. The van der Waals surface area contributed by atoms with E-state index >= 15 is 0 Å². The van der Waals surface area contributed by atoms with Gasteiger partial charge in [-0.2, -0.15) is 0 Å². The summed E-state index contributed by atoms with van der Waals surface area (Å²) in [4.78, 5) is 11.8. The molecule has 5 heteroatoms. The highest BCUT2D eigenvalue weighted by Crippen LogP contribution is 2.10. The zero-order valence-electron chi connectivity index (χ0n) is 13.9. The number of carbonyl (C=O) groups is 1. The third kappa shape index (κ3) is 9.77. The van der Waals surface area contributed by atoms with Crippen LogP contribution in [0.1, 0.15) is 25.0 Å². The highest BCUT2D eigenvalue weighted by molar-refractivity contribution is 5.85. The molecule has 22 heavy (non-hydrogen) atoms. The molecule has 0 heterocycles. The van der Waals surface area contributed by atoms with Gasteiger partial charge in [-0.3, -0.25) is 4.79 Å². The lowest BCUT2D eigenvalue weighted by atomic mass is 10.0. The van der Waals surface area contributed by atoms with Crippen molar-refractivity contribution in [2.45, 2.75) is 26.7 Å². The topological polar surface area (TPSA) is 50.4 Å². The number of hydrogen-bond donors (Lipinski definition) is 2. The minimum atomic E-state index is 0. The molecule has 0 aromatic heterocycles. The molecule has 2 N–H and O–H groups in total. The largest absolute Gasteiger partial charge is 0.383 e. The Bertz CT molecular complexity index is 408. The highest BCUT2D eigenvalue weighted by Gasteiger charge is 2.03. The van der Waals surface area contributed by atoms with Gasteiger partial charge in [0.2, 0.25) is 5.91 Å². The first-order valence-electron chi connectivity index (χ1n) is 7.66. The van der Waals surface area contributed by atoms with Gasteiger partial charge in [-0.05, 0) is 23.5 Å². The lowest BCUT2D eigenvalue weighted by molar-refractivity contribution is -0.120. The normalized spacial score (nSPS) is 10.4. The molecular formula is C17H29ClN2O2. The molecule has 0 fully saturated rings. The van der Waals surface area contributed by atoms with E-state index in [1.54, 1.807) is 7.11 Å². The summed E-state index contributed by atoms with van der Waals surface area (Å²) >= 11 is 0. The summed E-state index contributed by atoms with van der Waals surface area (Å²) in [6.45, 7) is 7.33. The molecule has 1 aromatic carbocycles. The number of amides is 1. The lowest BCUT2D eigenvalue weighted by Gasteiger charge is -2.08. The smallest absolute Gasteiger partial charge is 0.224 e. The maximum Gasteiger partial charge on any atom is 0.224 e. The third-order valence-electron chi connectivity index (χ3n) is 3.14. The summed E-state index contributed by atoms with van der Waals surface area (Å²) in [5.41, 5.74) is 2.39. The van der Waals surface area contributed by atoms with Crippen LogP contribution in [0.25, 0.3) is 0 Å². The van der Waals surface area contributed by atoms with Gasteiger partial charge in [0, 0.05) is 26.7 Å². The molecule has 4 nitrogen and oxygen atoms in total. The molecule has 0 aliphatic heterocycles. The van der Waals surface area contributed by atoms with E-state index < -0.39 is 0 Å². The van der Waals surface area contributed by atoms with Crippen LogP contribution in [0.5, 0.6) is 0 Å². The number of methoxy groups -OCH3 is 1. The second kappa shape index (κ2) is 12.4. The summed E-state index contributed by atoms with van der Waals surface area (Å²) in [5.74, 6) is 0.727. The van der Waals surface area contributed by atoms with Gasteiger partial charge < -0.3 is 15.4 Å². The van der Waals surface area contributed by atoms with Crippen molar-refractivity contribution in [3.63, 3.8) is 0 Å². The van der Waals surface area contributed by atoms with Crippen LogP contribution in [0, 0.1) is 5.92 Å². The van der Waals surface area contributed by atoms with Crippen molar-refractivity contribution in [1.82, 2.24) is 10.6 Å². The summed E-state index contributed by atoms with van der Waals surface area (Å²) < 4.78 is 4.93. The molecule has 1 rings (SSSR count). The van der Waals surface area contributed by atoms with Crippen molar-refractivity contribution in [3.8, 4) is 0 Å². The van der Waals surface area contributed by atoms with Crippen LogP contribution in [0.15, 0.2) is 24.3 Å². The predicted octanol–water partition coefficient (Wildman–Crippen LogP) is 2.20. The minimum absolute atomic E-state index is 0. The SMILES string of the molecule is COCCNCCNC(=O)Cc1ccc(CC(C)C)cc1.Cl. The zero-order valence-corrected chi connectivity index (χ0v) is 14.7. The molecule has 0 saturated carbocycles. The maximum atomic E-state index is 11.8. The molecule has 0 saturated heterocycles. The fraction of sp³-hybridized carbons (Fsp3) is 0.588. The van der Waals surface area contributed by atoms with Gasteiger partial charge in [-0.1, -0.05) is 38.1 Å². The van der Waals surface area contributed by atoms with Crippen molar-refractivity contribution in [1.29, 1.82) is 0 Å². The van der Waals surface area contributed by atoms with E-state index in [0.717, 1.165) is 25.1 Å². The monoisotopic (exact) mass is 328 g/mol. The third-order valence-corrected chi connectivity index (χ3v) is 3.14. The molecule has 0 aliphatic carbocycles. The van der Waals surface area contributed by atoms with E-state index in [1.165, 1.54) is 5.56 Å². The fourth-order valence-corrected chi connectivity index (χ4v) is 2.10. The number of halogens is 1. The van der Waals surface area contributed by atoms with E-state index in [1.807, 2.05) is 12.1 Å². The Balaban J connectivity index is 0.00000441. The van der Waals surface area contributed by atoms with Crippen molar-refractivity contribution in [2.24, 2.45) is 5.92 Å². The van der Waals surface area contributed by atoms with Crippen LogP contribution in [0.4, 0.5) is 0 Å². The van der Waals surface area contributed by atoms with E-state index in [0.29, 0.717) is 25.5 Å². The molecule has 1 amide bonds. The van der Waals surface area contributed by atoms with E-state index in [2.05, 4.69) is 36.6 Å². The first-order chi connectivity index (χ1) is 10.1. The number of hydrogen-bond acceptors (Lipinski definition) is 3. The molecule has 0 aliphatic rings. The van der Waals surface area contributed by atoms with Gasteiger partial charge in [0.15, 0.2) is 0 Å². The van der Waals surface area contributed by atoms with Crippen molar-refractivity contribution in [2.75, 3.05) is 33.4 Å². The summed E-state index contributed by atoms with van der Waals surface area (Å²) in [5, 5.41) is 6.10. The van der Waals surface area contributed by atoms with Crippen molar-refractivity contribution < 1.29 is 9.53 Å². The quantitative estimate of drug-likeness (QED) is 0.647. The standard InChI is InChI=1S/C17H28N2O2.ClH/c1-14(2)12-15-4-6-16(7-5-15)13-17(20)19-9-8-18-10-11-21-3;/h4-7,14,18H,8-13H2,1-3H3,(H,19,20);1H. The predicted molar refractivity (Wildman–Crippen MR) is 93.7 cm³/mol. The number of benzene rings is 1. The molecule has 0 unspecified atom stereocenters. The Morgan fingerprint density at radius 3 is 2.32 bits per heavy atom. The van der Waals surface area contributed by atoms with Gasteiger partial charge in [-0.25, -0.2) is 0 Å². The number of rotatable bonds is 10. The van der Waals surface area contributed by atoms with Crippen LogP contribution in [0.3, 0.4) is 0 Å². The Hall–Kier alpha value is -1.10.